The summed E-state index contributed by atoms with van der Waals surface area (Å²) in [5.74, 6) is 1.29. The third kappa shape index (κ3) is 13.1. The first-order valence-electron chi connectivity index (χ1n) is 16.8. The fourth-order valence-corrected chi connectivity index (χ4v) is 6.43. The smallest absolute Gasteiger partial charge is 0.445 e. The van der Waals surface area contributed by atoms with Gasteiger partial charge in [-0.2, -0.15) is 11.8 Å². The van der Waals surface area contributed by atoms with Crippen molar-refractivity contribution < 1.29 is 40.7 Å². The molecule has 10 heteroatoms. The van der Waals surface area contributed by atoms with Crippen LogP contribution in [0.25, 0.3) is 0 Å². The van der Waals surface area contributed by atoms with Crippen LogP contribution in [-0.4, -0.2) is 59.8 Å². The van der Waals surface area contributed by atoms with Crippen LogP contribution in [0, 0.1) is 20.8 Å². The summed E-state index contributed by atoms with van der Waals surface area (Å²) in [5, 5.41) is 3.07. The van der Waals surface area contributed by atoms with Gasteiger partial charge in [-0.1, -0.05) is 86.7 Å². The Labute approximate surface area is 307 Å². The molecule has 5 rings (SSSR count). The Morgan fingerprint density at radius 2 is 1.48 bits per heavy atom. The summed E-state index contributed by atoms with van der Waals surface area (Å²) in [4.78, 5) is 27.3. The van der Waals surface area contributed by atoms with E-state index in [1.165, 1.54) is 32.1 Å². The first kappa shape index (κ1) is 44.1. The van der Waals surface area contributed by atoms with Crippen LogP contribution in [0.1, 0.15) is 96.6 Å². The van der Waals surface area contributed by atoms with Crippen molar-refractivity contribution in [2.75, 3.05) is 18.6 Å². The van der Waals surface area contributed by atoms with Gasteiger partial charge >= 0.3 is 30.3 Å². The molecule has 2 unspecified atom stereocenters. The normalized spacial score (nSPS) is 20.2. The fourth-order valence-electron chi connectivity index (χ4n) is 6.04. The van der Waals surface area contributed by atoms with Gasteiger partial charge < -0.3 is 39.1 Å². The molecule has 2 atom stereocenters. The van der Waals surface area contributed by atoms with E-state index in [4.69, 9.17) is 14.0 Å². The largest absolute Gasteiger partial charge is 2.00 e. The Balaban J connectivity index is 0.00000132. The molecule has 7 nitrogen and oxygen atoms in total. The number of hydrogen-bond acceptors (Lipinski definition) is 6. The van der Waals surface area contributed by atoms with Crippen molar-refractivity contribution in [1.29, 1.82) is 0 Å². The quantitative estimate of drug-likeness (QED) is 0.187. The van der Waals surface area contributed by atoms with Crippen LogP contribution in [0.3, 0.4) is 0 Å². The Morgan fingerprint density at radius 1 is 0.896 bits per heavy atom. The number of nitrogens with one attached hydrogen (secondary N) is 1. The van der Waals surface area contributed by atoms with Gasteiger partial charge in [0.15, 0.2) is 0 Å². The minimum absolute atomic E-state index is 0. The van der Waals surface area contributed by atoms with Gasteiger partial charge in [0, 0.05) is 31.3 Å². The van der Waals surface area contributed by atoms with Crippen LogP contribution in [0.15, 0.2) is 54.6 Å². The first-order chi connectivity index (χ1) is 21.6. The number of amides is 2. The molecule has 3 aliphatic rings. The minimum Gasteiger partial charge on any atom is -0.445 e. The van der Waals surface area contributed by atoms with Crippen molar-refractivity contribution in [1.82, 2.24) is 10.2 Å². The standard InChI is InChI=1S/C31H43BN2O5S.C5H10.2CH3.Fe/c1-30(2)31(3,4)39-32(38-30)26-14-11-24(12-15-26)22-37-29(36)34(21-23-9-7-6-8-10-23)27-16-13-25(19-27)20-33-28(35)17-18-40-5;1-2-4-5-3-1;;;/h6-12,14-15,25,27H,13,16-22H2,1-5H3,(H,33,35);1-5H2;2*1H3;/q;;2*-1;+2. The van der Waals surface area contributed by atoms with Crippen molar-refractivity contribution >= 4 is 36.3 Å². The zero-order valence-corrected chi connectivity index (χ0v) is 32.3. The van der Waals surface area contributed by atoms with E-state index >= 15 is 0 Å². The summed E-state index contributed by atoms with van der Waals surface area (Å²) < 4.78 is 18.1. The molecular weight excluding hydrogens is 663 g/mol. The third-order valence-electron chi connectivity index (χ3n) is 9.62. The molecule has 0 radical (unpaired) electrons. The Hall–Kier alpha value is -1.97. The van der Waals surface area contributed by atoms with E-state index < -0.39 is 18.3 Å². The number of carbonyl (C=O) groups is 2. The second-order valence-corrected chi connectivity index (χ2v) is 14.6. The molecule has 268 valence electrons. The Morgan fingerprint density at radius 3 is 2.04 bits per heavy atom. The number of carbonyl (C=O) groups excluding carboxylic acids is 2. The van der Waals surface area contributed by atoms with Gasteiger partial charge in [-0.05, 0) is 75.7 Å². The molecule has 2 amide bonds. The summed E-state index contributed by atoms with van der Waals surface area (Å²) in [6.45, 7) is 9.50. The Bertz CT molecular complexity index is 1190. The van der Waals surface area contributed by atoms with E-state index in [2.05, 4.69) is 5.32 Å². The molecule has 48 heavy (non-hydrogen) atoms. The second kappa shape index (κ2) is 21.3. The summed E-state index contributed by atoms with van der Waals surface area (Å²) in [6, 6.07) is 18.0. The van der Waals surface area contributed by atoms with Crippen molar-refractivity contribution in [3.8, 4) is 0 Å². The molecule has 0 aromatic heterocycles. The van der Waals surface area contributed by atoms with Crippen LogP contribution < -0.4 is 10.8 Å². The summed E-state index contributed by atoms with van der Waals surface area (Å²) in [6.07, 6.45) is 12.5. The number of benzene rings is 2. The summed E-state index contributed by atoms with van der Waals surface area (Å²) in [7, 11) is -0.423. The number of thioether (sulfide) groups is 1. The molecule has 1 saturated heterocycles. The average molecular weight is 723 g/mol. The average Bonchev–Trinajstić information content (AvgIpc) is 3.80. The van der Waals surface area contributed by atoms with Crippen LogP contribution >= 0.6 is 11.8 Å². The van der Waals surface area contributed by atoms with Gasteiger partial charge in [0.2, 0.25) is 5.91 Å². The molecule has 0 spiro atoms. The molecular formula is C38H59BFeN2O5S. The maximum Gasteiger partial charge on any atom is 2.00 e. The van der Waals surface area contributed by atoms with E-state index in [0.29, 0.717) is 25.4 Å². The van der Waals surface area contributed by atoms with Crippen LogP contribution in [-0.2, 0) is 49.1 Å². The molecule has 1 aliphatic heterocycles. The van der Waals surface area contributed by atoms with E-state index in [-0.39, 0.29) is 56.6 Å². The van der Waals surface area contributed by atoms with Gasteiger partial charge in [-0.15, -0.1) is 0 Å². The third-order valence-corrected chi connectivity index (χ3v) is 10.2. The maximum absolute atomic E-state index is 13.4. The monoisotopic (exact) mass is 722 g/mol. The van der Waals surface area contributed by atoms with Crippen LogP contribution in [0.2, 0.25) is 0 Å². The molecule has 0 bridgehead atoms. The first-order valence-corrected chi connectivity index (χ1v) is 18.1. The van der Waals surface area contributed by atoms with Gasteiger partial charge in [0.25, 0.3) is 0 Å². The summed E-state index contributed by atoms with van der Waals surface area (Å²) in [5.41, 5.74) is 2.13. The number of nitrogens with zero attached hydrogens (tertiary/aromatic N) is 1. The molecule has 1 heterocycles. The predicted molar refractivity (Wildman–Crippen MR) is 197 cm³/mol. The Kier molecular flexibility index (Phi) is 19.5. The topological polar surface area (TPSA) is 77.1 Å². The van der Waals surface area contributed by atoms with Crippen LogP contribution in [0.5, 0.6) is 0 Å². The predicted octanol–water partition coefficient (Wildman–Crippen LogP) is 8.01. The number of hydrogen-bond donors (Lipinski definition) is 1. The van der Waals surface area contributed by atoms with Gasteiger partial charge in [0.05, 0.1) is 11.2 Å². The van der Waals surface area contributed by atoms with Crippen molar-refractivity contribution in [3.63, 3.8) is 0 Å². The van der Waals surface area contributed by atoms with Gasteiger partial charge in [-0.25, -0.2) is 4.79 Å². The fraction of sp³-hybridized carbons (Fsp3) is 0.579. The van der Waals surface area contributed by atoms with Crippen molar-refractivity contribution in [2.24, 2.45) is 5.92 Å². The number of rotatable bonds is 11. The van der Waals surface area contributed by atoms with E-state index in [9.17, 15) is 9.59 Å². The zero-order valence-electron chi connectivity index (χ0n) is 30.4. The molecule has 1 N–H and O–H groups in total. The van der Waals surface area contributed by atoms with Gasteiger partial charge in [0.1, 0.15) is 6.61 Å². The summed E-state index contributed by atoms with van der Waals surface area (Å²) >= 11 is 1.68. The van der Waals surface area contributed by atoms with Crippen molar-refractivity contribution in [3.05, 3.63) is 80.6 Å². The SMILES string of the molecule is C1CCCC1.CSCCC(=O)NCC1CCC(N(Cc2ccccc2)C(=O)OCc2ccc(B3OC(C)(C)C(C)(C)O3)cc2)C1.[CH3-].[CH3-].[Fe+2]. The minimum atomic E-state index is -0.423. The molecule has 2 aliphatic carbocycles. The second-order valence-electron chi connectivity index (χ2n) is 13.6. The molecule has 3 fully saturated rings. The van der Waals surface area contributed by atoms with E-state index in [0.717, 1.165) is 41.6 Å². The van der Waals surface area contributed by atoms with Crippen molar-refractivity contribution in [2.45, 2.75) is 116 Å². The zero-order chi connectivity index (χ0) is 32.3. The maximum atomic E-state index is 13.4. The molecule has 2 aromatic rings. The van der Waals surface area contributed by atoms with Gasteiger partial charge in [-0.3, -0.25) is 4.79 Å². The molecule has 2 saturated carbocycles. The van der Waals surface area contributed by atoms with Crippen LogP contribution in [0.4, 0.5) is 4.79 Å². The molecule has 2 aromatic carbocycles. The van der Waals surface area contributed by atoms with E-state index in [1.54, 1.807) is 11.8 Å². The number of ether oxygens (including phenoxy) is 1. The van der Waals surface area contributed by atoms with E-state index in [1.807, 2.05) is 93.4 Å².